The first-order valence-electron chi connectivity index (χ1n) is 2.04. The van der Waals surface area contributed by atoms with Crippen LogP contribution in [0.2, 0.25) is 0 Å². The van der Waals surface area contributed by atoms with Crippen molar-refractivity contribution in [3.63, 3.8) is 0 Å². The van der Waals surface area contributed by atoms with Crippen molar-refractivity contribution in [2.45, 2.75) is 0 Å². The van der Waals surface area contributed by atoms with Gasteiger partial charge in [0.2, 0.25) is 0 Å². The van der Waals surface area contributed by atoms with Crippen LogP contribution in [0.1, 0.15) is 0 Å². The number of allylic oxidation sites excluding steroid dienone is 2. The fourth-order valence-electron chi connectivity index (χ4n) is 0.197. The molecule has 0 saturated carbocycles. The zero-order valence-electron chi connectivity index (χ0n) is 4.46. The molecule has 0 aliphatic heterocycles. The first-order valence-corrected chi connectivity index (χ1v) is 2.04. The Morgan fingerprint density at radius 2 is 2.29 bits per heavy atom. The van der Waals surface area contributed by atoms with Crippen LogP contribution >= 0.6 is 0 Å². The second-order valence-corrected chi connectivity index (χ2v) is 1.24. The second-order valence-electron chi connectivity index (χ2n) is 1.24. The summed E-state index contributed by atoms with van der Waals surface area (Å²) < 4.78 is 0. The molecule has 2 heteroatoms. The van der Waals surface area contributed by atoms with Gasteiger partial charge in [-0.3, -0.25) is 0 Å². The Balaban J connectivity index is 3.25. The van der Waals surface area contributed by atoms with E-state index < -0.39 is 0 Å². The molecule has 0 bridgehead atoms. The first-order chi connectivity index (χ1) is 3.27. The third-order valence-electron chi connectivity index (χ3n) is 0.457. The fourth-order valence-corrected chi connectivity index (χ4v) is 0.197. The summed E-state index contributed by atoms with van der Waals surface area (Å²) in [5, 5.41) is 1.46. The van der Waals surface area contributed by atoms with Gasteiger partial charge in [-0.2, -0.15) is 0 Å². The molecule has 0 aromatic carbocycles. The van der Waals surface area contributed by atoms with Crippen molar-refractivity contribution in [2.24, 2.45) is 5.84 Å². The molecule has 0 spiro atoms. The largest absolute Gasteiger partial charge is 0.321 e. The van der Waals surface area contributed by atoms with Gasteiger partial charge in [0, 0.05) is 13.2 Å². The summed E-state index contributed by atoms with van der Waals surface area (Å²) in [5.74, 6) is 5.18. The Hall–Kier alpha value is -0.760. The SMILES string of the molecule is C=CC=CN(C)N. The highest BCUT2D eigenvalue weighted by Crippen LogP contribution is 1.71. The summed E-state index contributed by atoms with van der Waals surface area (Å²) in [5.41, 5.74) is 0. The Morgan fingerprint density at radius 3 is 2.43 bits per heavy atom. The predicted molar refractivity (Wildman–Crippen MR) is 31.3 cm³/mol. The minimum absolute atomic E-state index is 1.46. The van der Waals surface area contributed by atoms with Gasteiger partial charge in [-0.25, -0.2) is 5.84 Å². The lowest BCUT2D eigenvalue weighted by Crippen LogP contribution is -2.17. The van der Waals surface area contributed by atoms with Crippen molar-refractivity contribution in [1.29, 1.82) is 0 Å². The molecule has 2 nitrogen and oxygen atoms in total. The number of rotatable bonds is 2. The van der Waals surface area contributed by atoms with Crippen molar-refractivity contribution in [1.82, 2.24) is 5.01 Å². The first kappa shape index (κ1) is 6.24. The highest BCUT2D eigenvalue weighted by atomic mass is 15.4. The van der Waals surface area contributed by atoms with Gasteiger partial charge in [0.05, 0.1) is 0 Å². The topological polar surface area (TPSA) is 29.3 Å². The molecule has 0 amide bonds. The quantitative estimate of drug-likeness (QED) is 0.309. The van der Waals surface area contributed by atoms with Crippen molar-refractivity contribution in [3.05, 3.63) is 24.9 Å². The number of nitrogens with zero attached hydrogens (tertiary/aromatic N) is 1. The van der Waals surface area contributed by atoms with E-state index >= 15 is 0 Å². The van der Waals surface area contributed by atoms with E-state index in [0.717, 1.165) is 0 Å². The third kappa shape index (κ3) is 5.24. The number of hydrazine groups is 1. The van der Waals surface area contributed by atoms with Gasteiger partial charge in [-0.05, 0) is 6.08 Å². The zero-order valence-corrected chi connectivity index (χ0v) is 4.46. The van der Waals surface area contributed by atoms with Gasteiger partial charge < -0.3 is 5.01 Å². The van der Waals surface area contributed by atoms with Crippen LogP contribution in [0.15, 0.2) is 24.9 Å². The second kappa shape index (κ2) is 3.43. The van der Waals surface area contributed by atoms with Gasteiger partial charge in [-0.1, -0.05) is 12.7 Å². The Kier molecular flexibility index (Phi) is 3.06. The fraction of sp³-hybridized carbons (Fsp3) is 0.200. The maximum Gasteiger partial charge on any atom is 0.0222 e. The highest BCUT2D eigenvalue weighted by Gasteiger charge is 1.67. The molecule has 0 aromatic heterocycles. The maximum absolute atomic E-state index is 5.18. The minimum atomic E-state index is 1.46. The molecule has 0 heterocycles. The molecular formula is C5H10N2. The Morgan fingerprint density at radius 1 is 1.71 bits per heavy atom. The molecule has 0 aliphatic rings. The standard InChI is InChI=1S/C5H10N2/c1-3-4-5-7(2)6/h3-5H,1,6H2,2H3. The Labute approximate surface area is 43.9 Å². The van der Waals surface area contributed by atoms with Gasteiger partial charge in [0.15, 0.2) is 0 Å². The predicted octanol–water partition coefficient (Wildman–Crippen LogP) is 0.492. The monoisotopic (exact) mass is 98.1 g/mol. The summed E-state index contributed by atoms with van der Waals surface area (Å²) >= 11 is 0. The summed E-state index contributed by atoms with van der Waals surface area (Å²) in [6.07, 6.45) is 5.15. The highest BCUT2D eigenvalue weighted by molar-refractivity contribution is 4.95. The van der Waals surface area contributed by atoms with Crippen molar-refractivity contribution < 1.29 is 0 Å². The van der Waals surface area contributed by atoms with Gasteiger partial charge >= 0.3 is 0 Å². The van der Waals surface area contributed by atoms with E-state index in [4.69, 9.17) is 5.84 Å². The number of hydrogen-bond acceptors (Lipinski definition) is 2. The van der Waals surface area contributed by atoms with Gasteiger partial charge in [-0.15, -0.1) is 0 Å². The van der Waals surface area contributed by atoms with E-state index in [0.29, 0.717) is 0 Å². The van der Waals surface area contributed by atoms with E-state index in [9.17, 15) is 0 Å². The summed E-state index contributed by atoms with van der Waals surface area (Å²) in [7, 11) is 1.75. The minimum Gasteiger partial charge on any atom is -0.321 e. The van der Waals surface area contributed by atoms with Crippen LogP contribution in [0.5, 0.6) is 0 Å². The molecule has 0 unspecified atom stereocenters. The van der Waals surface area contributed by atoms with E-state index in [2.05, 4.69) is 6.58 Å². The van der Waals surface area contributed by atoms with Crippen molar-refractivity contribution in [3.8, 4) is 0 Å². The maximum atomic E-state index is 5.18. The smallest absolute Gasteiger partial charge is 0.0222 e. The molecule has 7 heavy (non-hydrogen) atoms. The molecule has 2 N–H and O–H groups in total. The van der Waals surface area contributed by atoms with Gasteiger partial charge in [0.25, 0.3) is 0 Å². The summed E-state index contributed by atoms with van der Waals surface area (Å²) in [4.78, 5) is 0. The summed E-state index contributed by atoms with van der Waals surface area (Å²) in [6.45, 7) is 3.46. The van der Waals surface area contributed by atoms with Crippen molar-refractivity contribution in [2.75, 3.05) is 7.05 Å². The molecular weight excluding hydrogens is 88.1 g/mol. The number of nitrogens with two attached hydrogens (primary N) is 1. The van der Waals surface area contributed by atoms with Crippen LogP contribution in [-0.4, -0.2) is 12.1 Å². The average Bonchev–Trinajstić information content (AvgIpc) is 1.61. The van der Waals surface area contributed by atoms with Crippen LogP contribution < -0.4 is 5.84 Å². The summed E-state index contributed by atoms with van der Waals surface area (Å²) in [6, 6.07) is 0. The normalized spacial score (nSPS) is 9.43. The van der Waals surface area contributed by atoms with Crippen LogP contribution in [0, 0.1) is 0 Å². The molecule has 0 atom stereocenters. The number of hydrogen-bond donors (Lipinski definition) is 1. The lowest BCUT2D eigenvalue weighted by molar-refractivity contribution is 0.485. The Bertz CT molecular complexity index is 74.1. The molecule has 0 saturated heterocycles. The third-order valence-corrected chi connectivity index (χ3v) is 0.457. The molecule has 0 aromatic rings. The molecule has 0 aliphatic carbocycles. The lowest BCUT2D eigenvalue weighted by atomic mass is 10.6. The van der Waals surface area contributed by atoms with Crippen LogP contribution in [-0.2, 0) is 0 Å². The molecule has 0 rings (SSSR count). The van der Waals surface area contributed by atoms with E-state index in [1.54, 1.807) is 25.4 Å². The van der Waals surface area contributed by atoms with Crippen LogP contribution in [0.25, 0.3) is 0 Å². The molecule has 0 fully saturated rings. The van der Waals surface area contributed by atoms with E-state index in [1.165, 1.54) is 5.01 Å². The molecule has 40 valence electrons. The zero-order chi connectivity index (χ0) is 5.70. The van der Waals surface area contributed by atoms with Gasteiger partial charge in [0.1, 0.15) is 0 Å². The van der Waals surface area contributed by atoms with Crippen molar-refractivity contribution >= 4 is 0 Å². The van der Waals surface area contributed by atoms with E-state index in [1.807, 2.05) is 0 Å². The van der Waals surface area contributed by atoms with E-state index in [-0.39, 0.29) is 0 Å². The lowest BCUT2D eigenvalue weighted by Gasteiger charge is -2.00. The molecule has 0 radical (unpaired) electrons. The average molecular weight is 98.1 g/mol. The van der Waals surface area contributed by atoms with Crippen LogP contribution in [0.3, 0.4) is 0 Å². The van der Waals surface area contributed by atoms with Crippen LogP contribution in [0.4, 0.5) is 0 Å².